The summed E-state index contributed by atoms with van der Waals surface area (Å²) in [7, 11) is 0. The molecule has 2 aromatic rings. The van der Waals surface area contributed by atoms with Crippen LogP contribution in [0.3, 0.4) is 0 Å². The van der Waals surface area contributed by atoms with Gasteiger partial charge in [0.2, 0.25) is 0 Å². The standard InChI is InChI=1S/C16H18N2O4/c1-2-21-14-8-4-3-7-13(14)18-16(20)15(19)17-10-9-12-6-5-11-22-12/h3-8,11H,2,9-10H2,1H3,(H,17,19)(H,18,20). The number of para-hydroxylation sites is 2. The Morgan fingerprint density at radius 2 is 1.95 bits per heavy atom. The van der Waals surface area contributed by atoms with Gasteiger partial charge in [-0.05, 0) is 31.2 Å². The molecule has 1 heterocycles. The molecular weight excluding hydrogens is 284 g/mol. The summed E-state index contributed by atoms with van der Waals surface area (Å²) in [6.45, 7) is 2.65. The smallest absolute Gasteiger partial charge is 0.313 e. The maximum absolute atomic E-state index is 11.9. The van der Waals surface area contributed by atoms with E-state index in [-0.39, 0.29) is 0 Å². The second-order valence-corrected chi connectivity index (χ2v) is 4.47. The largest absolute Gasteiger partial charge is 0.492 e. The van der Waals surface area contributed by atoms with Crippen LogP contribution in [0.1, 0.15) is 12.7 Å². The van der Waals surface area contributed by atoms with Gasteiger partial charge in [0, 0.05) is 13.0 Å². The maximum Gasteiger partial charge on any atom is 0.313 e. The normalized spacial score (nSPS) is 10.0. The minimum atomic E-state index is -0.730. The first-order valence-electron chi connectivity index (χ1n) is 7.04. The van der Waals surface area contributed by atoms with Crippen LogP contribution in [0.15, 0.2) is 47.1 Å². The number of nitrogens with one attached hydrogen (secondary N) is 2. The fraction of sp³-hybridized carbons (Fsp3) is 0.250. The predicted octanol–water partition coefficient (Wildman–Crippen LogP) is 1.98. The highest BCUT2D eigenvalue weighted by molar-refractivity contribution is 6.39. The quantitative estimate of drug-likeness (QED) is 0.800. The zero-order chi connectivity index (χ0) is 15.8. The molecule has 22 heavy (non-hydrogen) atoms. The van der Waals surface area contributed by atoms with Crippen LogP contribution in [0, 0.1) is 0 Å². The van der Waals surface area contributed by atoms with E-state index in [2.05, 4.69) is 10.6 Å². The predicted molar refractivity (Wildman–Crippen MR) is 81.7 cm³/mol. The first-order valence-corrected chi connectivity index (χ1v) is 7.04. The number of carbonyl (C=O) groups is 2. The Bertz CT molecular complexity index is 623. The highest BCUT2D eigenvalue weighted by Crippen LogP contribution is 2.23. The number of benzene rings is 1. The molecule has 1 aromatic heterocycles. The van der Waals surface area contributed by atoms with E-state index >= 15 is 0 Å². The highest BCUT2D eigenvalue weighted by atomic mass is 16.5. The first kappa shape index (κ1) is 15.6. The Labute approximate surface area is 128 Å². The lowest BCUT2D eigenvalue weighted by Gasteiger charge is -2.11. The SMILES string of the molecule is CCOc1ccccc1NC(=O)C(=O)NCCc1ccco1. The lowest BCUT2D eigenvalue weighted by Crippen LogP contribution is -2.36. The van der Waals surface area contributed by atoms with Gasteiger partial charge in [0.15, 0.2) is 0 Å². The molecule has 0 spiro atoms. The van der Waals surface area contributed by atoms with E-state index in [1.807, 2.05) is 13.0 Å². The van der Waals surface area contributed by atoms with Crippen molar-refractivity contribution in [1.82, 2.24) is 5.32 Å². The number of rotatable bonds is 6. The van der Waals surface area contributed by atoms with Gasteiger partial charge in [0.25, 0.3) is 0 Å². The maximum atomic E-state index is 11.9. The van der Waals surface area contributed by atoms with Gasteiger partial charge in [-0.15, -0.1) is 0 Å². The summed E-state index contributed by atoms with van der Waals surface area (Å²) in [5.41, 5.74) is 0.468. The van der Waals surface area contributed by atoms with Crippen LogP contribution in [-0.2, 0) is 16.0 Å². The molecule has 0 bridgehead atoms. The number of hydrogen-bond donors (Lipinski definition) is 2. The fourth-order valence-corrected chi connectivity index (χ4v) is 1.86. The first-order chi connectivity index (χ1) is 10.7. The Hall–Kier alpha value is -2.76. The molecule has 6 nitrogen and oxygen atoms in total. The molecular formula is C16H18N2O4. The molecule has 0 fully saturated rings. The molecule has 0 saturated carbocycles. The van der Waals surface area contributed by atoms with Crippen molar-refractivity contribution < 1.29 is 18.7 Å². The van der Waals surface area contributed by atoms with Gasteiger partial charge in [-0.25, -0.2) is 0 Å². The zero-order valence-corrected chi connectivity index (χ0v) is 12.3. The van der Waals surface area contributed by atoms with Crippen molar-refractivity contribution >= 4 is 17.5 Å². The van der Waals surface area contributed by atoms with Crippen LogP contribution < -0.4 is 15.4 Å². The second-order valence-electron chi connectivity index (χ2n) is 4.47. The van der Waals surface area contributed by atoms with Gasteiger partial charge in [0.05, 0.1) is 18.6 Å². The molecule has 0 aliphatic rings. The number of anilines is 1. The van der Waals surface area contributed by atoms with Crippen LogP contribution in [-0.4, -0.2) is 25.0 Å². The van der Waals surface area contributed by atoms with Crippen LogP contribution in [0.25, 0.3) is 0 Å². The molecule has 0 saturated heterocycles. The molecule has 0 aliphatic carbocycles. The van der Waals surface area contributed by atoms with Crippen molar-refractivity contribution in [3.63, 3.8) is 0 Å². The Kier molecular flexibility index (Phi) is 5.59. The molecule has 6 heteroatoms. The van der Waals surface area contributed by atoms with Crippen LogP contribution >= 0.6 is 0 Å². The summed E-state index contributed by atoms with van der Waals surface area (Å²) in [6, 6.07) is 10.5. The van der Waals surface area contributed by atoms with Gasteiger partial charge >= 0.3 is 11.8 Å². The minimum Gasteiger partial charge on any atom is -0.492 e. The lowest BCUT2D eigenvalue weighted by molar-refractivity contribution is -0.136. The lowest BCUT2D eigenvalue weighted by atomic mass is 10.3. The number of hydrogen-bond acceptors (Lipinski definition) is 4. The summed E-state index contributed by atoms with van der Waals surface area (Å²) in [5.74, 6) is -0.145. The second kappa shape index (κ2) is 7.87. The van der Waals surface area contributed by atoms with Gasteiger partial charge in [-0.3, -0.25) is 9.59 Å². The van der Waals surface area contributed by atoms with E-state index in [1.165, 1.54) is 0 Å². The van der Waals surface area contributed by atoms with Gasteiger partial charge in [-0.1, -0.05) is 12.1 Å². The summed E-state index contributed by atoms with van der Waals surface area (Å²) in [4.78, 5) is 23.6. The average Bonchev–Trinajstić information content (AvgIpc) is 3.02. The van der Waals surface area contributed by atoms with Crippen molar-refractivity contribution in [3.8, 4) is 5.75 Å². The topological polar surface area (TPSA) is 80.6 Å². The fourth-order valence-electron chi connectivity index (χ4n) is 1.86. The van der Waals surface area contributed by atoms with Crippen molar-refractivity contribution in [3.05, 3.63) is 48.4 Å². The van der Waals surface area contributed by atoms with E-state index in [1.54, 1.807) is 36.6 Å². The third-order valence-corrected chi connectivity index (χ3v) is 2.88. The van der Waals surface area contributed by atoms with Crippen LogP contribution in [0.2, 0.25) is 0 Å². The average molecular weight is 302 g/mol. The van der Waals surface area contributed by atoms with Crippen molar-refractivity contribution in [2.75, 3.05) is 18.5 Å². The van der Waals surface area contributed by atoms with Crippen molar-refractivity contribution in [1.29, 1.82) is 0 Å². The van der Waals surface area contributed by atoms with E-state index < -0.39 is 11.8 Å². The third-order valence-electron chi connectivity index (χ3n) is 2.88. The van der Waals surface area contributed by atoms with E-state index in [4.69, 9.17) is 9.15 Å². The number of amides is 2. The molecule has 2 N–H and O–H groups in total. The molecule has 0 atom stereocenters. The van der Waals surface area contributed by atoms with Crippen molar-refractivity contribution in [2.45, 2.75) is 13.3 Å². The van der Waals surface area contributed by atoms with E-state index in [9.17, 15) is 9.59 Å². The van der Waals surface area contributed by atoms with Crippen LogP contribution in [0.4, 0.5) is 5.69 Å². The zero-order valence-electron chi connectivity index (χ0n) is 12.3. The number of ether oxygens (including phenoxy) is 1. The Balaban J connectivity index is 1.84. The molecule has 2 amide bonds. The molecule has 0 unspecified atom stereocenters. The van der Waals surface area contributed by atoms with E-state index in [0.29, 0.717) is 31.0 Å². The third kappa shape index (κ3) is 4.37. The molecule has 116 valence electrons. The summed E-state index contributed by atoms with van der Waals surface area (Å²) < 4.78 is 10.5. The number of furan rings is 1. The molecule has 0 radical (unpaired) electrons. The molecule has 0 aliphatic heterocycles. The Morgan fingerprint density at radius 1 is 1.14 bits per heavy atom. The highest BCUT2D eigenvalue weighted by Gasteiger charge is 2.15. The van der Waals surface area contributed by atoms with Gasteiger partial charge in [-0.2, -0.15) is 0 Å². The summed E-state index contributed by atoms with van der Waals surface area (Å²) in [5, 5.41) is 5.08. The van der Waals surface area contributed by atoms with Gasteiger partial charge in [0.1, 0.15) is 11.5 Å². The van der Waals surface area contributed by atoms with E-state index in [0.717, 1.165) is 5.76 Å². The number of carbonyl (C=O) groups excluding carboxylic acids is 2. The monoisotopic (exact) mass is 302 g/mol. The molecule has 2 rings (SSSR count). The van der Waals surface area contributed by atoms with Gasteiger partial charge < -0.3 is 19.8 Å². The van der Waals surface area contributed by atoms with Crippen molar-refractivity contribution in [2.24, 2.45) is 0 Å². The summed E-state index contributed by atoms with van der Waals surface area (Å²) in [6.07, 6.45) is 2.09. The Morgan fingerprint density at radius 3 is 2.68 bits per heavy atom. The minimum absolute atomic E-state index is 0.326. The van der Waals surface area contributed by atoms with Crippen LogP contribution in [0.5, 0.6) is 5.75 Å². The molecule has 1 aromatic carbocycles. The summed E-state index contributed by atoms with van der Waals surface area (Å²) >= 11 is 0.